The fraction of sp³-hybridized carbons (Fsp3) is 0.333. The van der Waals surface area contributed by atoms with Crippen LogP contribution in [0.5, 0.6) is 5.75 Å². The van der Waals surface area contributed by atoms with Crippen LogP contribution in [0.25, 0.3) is 0 Å². The summed E-state index contributed by atoms with van der Waals surface area (Å²) in [7, 11) is -6.49. The Hall–Kier alpha value is -2.58. The lowest BCUT2D eigenvalue weighted by molar-refractivity contribution is -0.357. The van der Waals surface area contributed by atoms with Crippen LogP contribution in [0.3, 0.4) is 0 Å². The number of rotatable bonds is 8. The average molecular weight is 447 g/mol. The summed E-state index contributed by atoms with van der Waals surface area (Å²) in [4.78, 5) is 23.8. The highest BCUT2D eigenvalue weighted by Gasteiger charge is 2.69. The molecule has 0 spiro atoms. The molecule has 0 N–H and O–H groups in total. The fourth-order valence-corrected chi connectivity index (χ4v) is 1.73. The third-order valence-electron chi connectivity index (χ3n) is 2.99. The van der Waals surface area contributed by atoms with Crippen molar-refractivity contribution in [2.75, 3.05) is 6.61 Å². The molecular weight excluding hydrogens is 435 g/mol. The van der Waals surface area contributed by atoms with Gasteiger partial charge in [-0.1, -0.05) is 24.8 Å². The molecule has 1 rings (SSSR count). The summed E-state index contributed by atoms with van der Waals surface area (Å²) < 4.78 is 111. The van der Waals surface area contributed by atoms with Crippen molar-refractivity contribution in [1.29, 1.82) is 0 Å². The van der Waals surface area contributed by atoms with Crippen LogP contribution in [0.1, 0.15) is 6.92 Å². The Morgan fingerprint density at radius 3 is 2.03 bits per heavy atom. The highest BCUT2D eigenvalue weighted by Crippen LogP contribution is 2.39. The molecule has 0 fully saturated rings. The maximum absolute atomic E-state index is 13.6. The molecule has 0 aliphatic heterocycles. The van der Waals surface area contributed by atoms with Crippen molar-refractivity contribution < 1.29 is 58.7 Å². The topological polar surface area (TPSA) is 119 Å². The number of benzene rings is 1. The second-order valence-corrected chi connectivity index (χ2v) is 6.87. The van der Waals surface area contributed by atoms with E-state index in [2.05, 4.69) is 20.8 Å². The molecule has 1 aromatic rings. The molecule has 14 heteroatoms. The largest absolute Gasteiger partial charge is 0.743 e. The predicted molar refractivity (Wildman–Crippen MR) is 82.4 cm³/mol. The Balaban J connectivity index is 3.44. The Bertz CT molecular complexity index is 882. The number of para-hydroxylation sites is 1. The lowest BCUT2D eigenvalue weighted by atomic mass is 10.2. The van der Waals surface area contributed by atoms with Crippen LogP contribution in [0.2, 0.25) is 0 Å². The van der Waals surface area contributed by atoms with Crippen molar-refractivity contribution in [2.24, 2.45) is 0 Å². The van der Waals surface area contributed by atoms with Crippen molar-refractivity contribution in [2.45, 2.75) is 24.1 Å². The Labute approximate surface area is 160 Å². The first-order valence-electron chi connectivity index (χ1n) is 7.23. The van der Waals surface area contributed by atoms with Crippen LogP contribution in [-0.2, 0) is 29.2 Å². The number of halogens is 5. The second kappa shape index (κ2) is 8.42. The summed E-state index contributed by atoms with van der Waals surface area (Å²) in [6.07, 6.45) is -6.04. The van der Waals surface area contributed by atoms with Crippen molar-refractivity contribution in [3.05, 3.63) is 42.5 Å². The quantitative estimate of drug-likeness (QED) is 0.149. The van der Waals surface area contributed by atoms with Gasteiger partial charge >= 0.3 is 29.2 Å². The van der Waals surface area contributed by atoms with Crippen LogP contribution < -0.4 is 4.74 Å². The van der Waals surface area contributed by atoms with E-state index in [1.165, 1.54) is 18.2 Å². The first-order chi connectivity index (χ1) is 13.0. The molecule has 0 saturated carbocycles. The van der Waals surface area contributed by atoms with Gasteiger partial charge in [0.25, 0.3) is 0 Å². The minimum absolute atomic E-state index is 0.524. The number of carbonyl (C=O) groups excluding carboxylic acids is 2. The molecule has 0 bridgehead atoms. The first-order valence-corrected chi connectivity index (χ1v) is 8.64. The van der Waals surface area contributed by atoms with E-state index >= 15 is 0 Å². The zero-order chi connectivity index (χ0) is 22.7. The van der Waals surface area contributed by atoms with Gasteiger partial charge in [0.1, 0.15) is 12.4 Å². The molecule has 0 amide bonds. The molecule has 29 heavy (non-hydrogen) atoms. The van der Waals surface area contributed by atoms with Crippen molar-refractivity contribution in [3.63, 3.8) is 0 Å². The molecule has 0 saturated heterocycles. The Morgan fingerprint density at radius 1 is 1.10 bits per heavy atom. The normalized spacial score (nSPS) is 14.6. The van der Waals surface area contributed by atoms with E-state index in [1.54, 1.807) is 0 Å². The van der Waals surface area contributed by atoms with Gasteiger partial charge in [0.2, 0.25) is 0 Å². The van der Waals surface area contributed by atoms with Gasteiger partial charge in [0, 0.05) is 5.57 Å². The van der Waals surface area contributed by atoms with Crippen molar-refractivity contribution in [3.8, 4) is 5.75 Å². The first kappa shape index (κ1) is 24.5. The van der Waals surface area contributed by atoms with Gasteiger partial charge in [-0.25, -0.2) is 18.0 Å². The molecule has 1 atom stereocenters. The molecule has 0 aliphatic rings. The molecule has 8 nitrogen and oxygen atoms in total. The van der Waals surface area contributed by atoms with Crippen LogP contribution in [0.15, 0.2) is 42.5 Å². The maximum atomic E-state index is 13.6. The molecule has 1 aromatic carbocycles. The summed E-state index contributed by atoms with van der Waals surface area (Å²) in [6.45, 7) is 1.06. The number of alkyl halides is 5. The van der Waals surface area contributed by atoms with Crippen LogP contribution >= 0.6 is 0 Å². The number of ether oxygens (including phenoxy) is 3. The molecule has 1 unspecified atom stereocenters. The predicted octanol–water partition coefficient (Wildman–Crippen LogP) is 2.12. The Morgan fingerprint density at radius 2 is 1.62 bits per heavy atom. The van der Waals surface area contributed by atoms with Gasteiger partial charge in [-0.15, -0.1) is 0 Å². The summed E-state index contributed by atoms with van der Waals surface area (Å²) in [6, 6.07) is 5.85. The summed E-state index contributed by atoms with van der Waals surface area (Å²) >= 11 is 0. The average Bonchev–Trinajstić information content (AvgIpc) is 2.56. The number of hydrogen-bond donors (Lipinski definition) is 0. The second-order valence-electron chi connectivity index (χ2n) is 5.37. The monoisotopic (exact) mass is 447 g/mol. The highest BCUT2D eigenvalue weighted by molar-refractivity contribution is 7.86. The SMILES string of the molecule is C=C(C)C(=O)OC(OCC(F)(F)S(=O)(=O)[O-])(C(=O)Oc1ccccc1)C(F)(F)F. The van der Waals surface area contributed by atoms with Gasteiger partial charge < -0.3 is 18.8 Å². The van der Waals surface area contributed by atoms with Gasteiger partial charge in [-0.3, -0.25) is 0 Å². The van der Waals surface area contributed by atoms with Crippen LogP contribution in [0.4, 0.5) is 22.0 Å². The summed E-state index contributed by atoms with van der Waals surface area (Å²) in [5, 5.41) is -5.40. The lowest BCUT2D eigenvalue weighted by Crippen LogP contribution is -2.60. The molecule has 0 heterocycles. The van der Waals surface area contributed by atoms with Crippen molar-refractivity contribution >= 4 is 22.1 Å². The molecule has 0 radical (unpaired) electrons. The third-order valence-corrected chi connectivity index (χ3v) is 3.84. The zero-order valence-electron chi connectivity index (χ0n) is 14.4. The minimum Gasteiger partial charge on any atom is -0.743 e. The minimum atomic E-state index is -6.49. The third kappa shape index (κ3) is 5.71. The molecular formula is C15H12F5O8S-. The fourth-order valence-electron chi connectivity index (χ4n) is 1.52. The van der Waals surface area contributed by atoms with E-state index in [0.29, 0.717) is 0 Å². The lowest BCUT2D eigenvalue weighted by Gasteiger charge is -2.33. The highest BCUT2D eigenvalue weighted by atomic mass is 32.2. The van der Waals surface area contributed by atoms with E-state index in [0.717, 1.165) is 19.1 Å². The summed E-state index contributed by atoms with van der Waals surface area (Å²) in [5.41, 5.74) is -0.696. The molecule has 0 aliphatic carbocycles. The number of carbonyl (C=O) groups is 2. The maximum Gasteiger partial charge on any atom is 0.468 e. The van der Waals surface area contributed by atoms with Gasteiger partial charge in [0.15, 0.2) is 10.1 Å². The standard InChI is InChI=1S/C15H13F5O8S/c1-9(2)11(21)28-14(15(18,19)20,26-8-13(16,17)29(23,24)25)12(22)27-10-6-4-3-5-7-10/h3-7H,1,8H2,2H3,(H,23,24,25)/p-1. The number of esters is 2. The van der Waals surface area contributed by atoms with E-state index in [9.17, 15) is 44.5 Å². The van der Waals surface area contributed by atoms with Crippen molar-refractivity contribution in [1.82, 2.24) is 0 Å². The smallest absolute Gasteiger partial charge is 0.468 e. The zero-order valence-corrected chi connectivity index (χ0v) is 15.2. The van der Waals surface area contributed by atoms with E-state index < -0.39 is 57.2 Å². The Kier molecular flexibility index (Phi) is 7.10. The van der Waals surface area contributed by atoms with Crippen LogP contribution in [0, 0.1) is 0 Å². The van der Waals surface area contributed by atoms with Gasteiger partial charge in [-0.2, -0.15) is 22.0 Å². The number of hydrogen-bond acceptors (Lipinski definition) is 8. The van der Waals surface area contributed by atoms with Gasteiger partial charge in [0.05, 0.1) is 0 Å². The molecule has 0 aromatic heterocycles. The molecule has 162 valence electrons. The van der Waals surface area contributed by atoms with E-state index in [4.69, 9.17) is 0 Å². The summed E-state index contributed by atoms with van der Waals surface area (Å²) in [5.74, 6) is -9.79. The van der Waals surface area contributed by atoms with E-state index in [-0.39, 0.29) is 0 Å². The van der Waals surface area contributed by atoms with E-state index in [1.807, 2.05) is 0 Å². The van der Waals surface area contributed by atoms with Crippen LogP contribution in [-0.4, -0.2) is 48.7 Å². The van der Waals surface area contributed by atoms with Gasteiger partial charge in [-0.05, 0) is 19.1 Å².